The van der Waals surface area contributed by atoms with Crippen molar-refractivity contribution in [1.29, 1.82) is 0 Å². The van der Waals surface area contributed by atoms with Crippen molar-refractivity contribution in [3.63, 3.8) is 0 Å². The Morgan fingerprint density at radius 1 is 1.48 bits per heavy atom. The lowest BCUT2D eigenvalue weighted by atomic mass is 10.2. The van der Waals surface area contributed by atoms with E-state index in [9.17, 15) is 4.79 Å². The van der Waals surface area contributed by atoms with Crippen LogP contribution in [-0.2, 0) is 4.74 Å². The Labute approximate surface area is 129 Å². The molecule has 7 heteroatoms. The summed E-state index contributed by atoms with van der Waals surface area (Å²) in [7, 11) is 1.48. The van der Waals surface area contributed by atoms with Gasteiger partial charge in [0.15, 0.2) is 16.7 Å². The molecule has 1 amide bonds. The van der Waals surface area contributed by atoms with Crippen molar-refractivity contribution in [3.05, 3.63) is 17.4 Å². The molecule has 1 N–H and O–H groups in total. The van der Waals surface area contributed by atoms with Crippen LogP contribution in [0.3, 0.4) is 0 Å². The monoisotopic (exact) mass is 316 g/mol. The summed E-state index contributed by atoms with van der Waals surface area (Å²) < 4.78 is 15.9. The molecule has 118 valence electrons. The van der Waals surface area contributed by atoms with Crippen LogP contribution in [0.15, 0.2) is 12.3 Å². The summed E-state index contributed by atoms with van der Waals surface area (Å²) in [6.45, 7) is 7.46. The highest BCUT2D eigenvalue weighted by Gasteiger charge is 2.18. The van der Waals surface area contributed by atoms with Crippen LogP contribution in [0.2, 0.25) is 5.15 Å². The van der Waals surface area contributed by atoms with Crippen molar-refractivity contribution in [2.24, 2.45) is 0 Å². The number of nitrogens with zero attached hydrogens (tertiary/aromatic N) is 1. The molecule has 0 radical (unpaired) electrons. The van der Waals surface area contributed by atoms with E-state index in [0.717, 1.165) is 0 Å². The van der Waals surface area contributed by atoms with Crippen molar-refractivity contribution in [2.45, 2.75) is 39.3 Å². The van der Waals surface area contributed by atoms with Gasteiger partial charge in [-0.2, -0.15) is 0 Å². The van der Waals surface area contributed by atoms with Gasteiger partial charge in [0.05, 0.1) is 13.2 Å². The molecule has 1 aromatic rings. The molecular formula is C14H21ClN2O4. The predicted octanol–water partition coefficient (Wildman–Crippen LogP) is 3.04. The number of amides is 1. The molecule has 0 saturated heterocycles. The first-order valence-electron chi connectivity index (χ1n) is 6.53. The highest BCUT2D eigenvalue weighted by Crippen LogP contribution is 2.32. The molecule has 0 spiro atoms. The number of aromatic nitrogens is 1. The van der Waals surface area contributed by atoms with Gasteiger partial charge < -0.3 is 19.5 Å². The molecule has 0 bridgehead atoms. The second kappa shape index (κ2) is 7.36. The quantitative estimate of drug-likeness (QED) is 0.845. The van der Waals surface area contributed by atoms with Gasteiger partial charge in [-0.3, -0.25) is 0 Å². The van der Waals surface area contributed by atoms with E-state index in [1.165, 1.54) is 13.3 Å². The fourth-order valence-corrected chi connectivity index (χ4v) is 1.70. The van der Waals surface area contributed by atoms with Gasteiger partial charge in [0.25, 0.3) is 0 Å². The Morgan fingerprint density at radius 2 is 2.14 bits per heavy atom. The number of ether oxygens (including phenoxy) is 3. The summed E-state index contributed by atoms with van der Waals surface area (Å²) in [6, 6.07) is 1.40. The maximum atomic E-state index is 11.6. The zero-order valence-corrected chi connectivity index (χ0v) is 13.7. The number of methoxy groups -OCH3 is 1. The van der Waals surface area contributed by atoms with Gasteiger partial charge in [-0.1, -0.05) is 11.6 Å². The Kier molecular flexibility index (Phi) is 6.08. The topological polar surface area (TPSA) is 69.7 Å². The van der Waals surface area contributed by atoms with E-state index in [0.29, 0.717) is 11.5 Å². The lowest BCUT2D eigenvalue weighted by Gasteiger charge is -2.22. The molecule has 0 fully saturated rings. The molecule has 1 aromatic heterocycles. The van der Waals surface area contributed by atoms with Crippen LogP contribution in [0.25, 0.3) is 0 Å². The number of rotatable bonds is 5. The minimum atomic E-state index is -0.535. The first kappa shape index (κ1) is 17.4. The largest absolute Gasteiger partial charge is 0.490 e. The van der Waals surface area contributed by atoms with Crippen molar-refractivity contribution < 1.29 is 19.0 Å². The second-order valence-corrected chi connectivity index (χ2v) is 5.85. The number of carbonyl (C=O) groups excluding carboxylic acids is 1. The molecule has 6 nitrogen and oxygen atoms in total. The van der Waals surface area contributed by atoms with E-state index in [4.69, 9.17) is 25.8 Å². The standard InChI is InChI=1S/C14H21ClN2O4/c1-9(17-13(18)21-14(2,3)4)8-20-10-6-7-16-12(15)11(10)19-5/h6-7,9H,8H2,1-5H3,(H,17,18)/t9-/m0/s1. The number of hydrogen-bond donors (Lipinski definition) is 1. The van der Waals surface area contributed by atoms with E-state index < -0.39 is 11.7 Å². The fraction of sp³-hybridized carbons (Fsp3) is 0.571. The molecule has 1 atom stereocenters. The Balaban J connectivity index is 2.52. The van der Waals surface area contributed by atoms with Gasteiger partial charge in [0.1, 0.15) is 12.2 Å². The third-order valence-corrected chi connectivity index (χ3v) is 2.55. The number of nitrogens with one attached hydrogen (secondary N) is 1. The van der Waals surface area contributed by atoms with Crippen molar-refractivity contribution >= 4 is 17.7 Å². The van der Waals surface area contributed by atoms with Gasteiger partial charge in [0.2, 0.25) is 0 Å². The van der Waals surface area contributed by atoms with Gasteiger partial charge in [-0.25, -0.2) is 9.78 Å². The van der Waals surface area contributed by atoms with Crippen molar-refractivity contribution in [1.82, 2.24) is 10.3 Å². The Hall–Kier alpha value is -1.69. The highest BCUT2D eigenvalue weighted by atomic mass is 35.5. The maximum Gasteiger partial charge on any atom is 0.407 e. The average Bonchev–Trinajstić information content (AvgIpc) is 2.33. The number of pyridine rings is 1. The summed E-state index contributed by atoms with van der Waals surface area (Å²) in [6.07, 6.45) is 1.03. The van der Waals surface area contributed by atoms with Crippen LogP contribution in [-0.4, -0.2) is 36.4 Å². The lowest BCUT2D eigenvalue weighted by molar-refractivity contribution is 0.0493. The SMILES string of the molecule is COc1c(OC[C@H](C)NC(=O)OC(C)(C)C)ccnc1Cl. The number of alkyl carbamates (subject to hydrolysis) is 1. The molecule has 0 aliphatic heterocycles. The summed E-state index contributed by atoms with van der Waals surface area (Å²) in [5, 5.41) is 2.91. The molecule has 21 heavy (non-hydrogen) atoms. The van der Waals surface area contributed by atoms with Gasteiger partial charge in [-0.15, -0.1) is 0 Å². The molecule has 0 unspecified atom stereocenters. The summed E-state index contributed by atoms with van der Waals surface area (Å²) in [5.41, 5.74) is -0.535. The minimum absolute atomic E-state index is 0.225. The lowest BCUT2D eigenvalue weighted by Crippen LogP contribution is -2.40. The number of carbonyl (C=O) groups is 1. The molecular weight excluding hydrogens is 296 g/mol. The predicted molar refractivity (Wildman–Crippen MR) is 80.1 cm³/mol. The Bertz CT molecular complexity index is 488. The van der Waals surface area contributed by atoms with E-state index in [-0.39, 0.29) is 17.8 Å². The molecule has 0 aromatic carbocycles. The molecule has 1 heterocycles. The molecule has 0 aliphatic carbocycles. The summed E-state index contributed by atoms with van der Waals surface area (Å²) >= 11 is 5.90. The van der Waals surface area contributed by atoms with Crippen LogP contribution in [0.4, 0.5) is 4.79 Å². The molecule has 0 aliphatic rings. The zero-order valence-electron chi connectivity index (χ0n) is 12.9. The Morgan fingerprint density at radius 3 is 2.71 bits per heavy atom. The van der Waals surface area contributed by atoms with Gasteiger partial charge >= 0.3 is 6.09 Å². The number of halogens is 1. The van der Waals surface area contributed by atoms with E-state index in [1.807, 2.05) is 0 Å². The van der Waals surface area contributed by atoms with E-state index in [1.54, 1.807) is 33.8 Å². The zero-order chi connectivity index (χ0) is 16.0. The minimum Gasteiger partial charge on any atom is -0.490 e. The van der Waals surface area contributed by atoms with Crippen LogP contribution in [0.1, 0.15) is 27.7 Å². The molecule has 1 rings (SSSR count). The van der Waals surface area contributed by atoms with Crippen molar-refractivity contribution in [2.75, 3.05) is 13.7 Å². The van der Waals surface area contributed by atoms with Crippen LogP contribution in [0.5, 0.6) is 11.5 Å². The van der Waals surface area contributed by atoms with Gasteiger partial charge in [-0.05, 0) is 27.7 Å². The smallest absolute Gasteiger partial charge is 0.407 e. The first-order chi connectivity index (χ1) is 9.73. The molecule has 0 saturated carbocycles. The summed E-state index contributed by atoms with van der Waals surface area (Å²) in [5.74, 6) is 0.832. The average molecular weight is 317 g/mol. The third kappa shape index (κ3) is 6.08. The normalized spacial score (nSPS) is 12.5. The summed E-state index contributed by atoms with van der Waals surface area (Å²) in [4.78, 5) is 15.5. The van der Waals surface area contributed by atoms with Crippen molar-refractivity contribution in [3.8, 4) is 11.5 Å². The fourth-order valence-electron chi connectivity index (χ4n) is 1.47. The van der Waals surface area contributed by atoms with Crippen LogP contribution in [0, 0.1) is 0 Å². The van der Waals surface area contributed by atoms with E-state index in [2.05, 4.69) is 10.3 Å². The highest BCUT2D eigenvalue weighted by molar-refractivity contribution is 6.31. The van der Waals surface area contributed by atoms with Crippen LogP contribution < -0.4 is 14.8 Å². The maximum absolute atomic E-state index is 11.6. The first-order valence-corrected chi connectivity index (χ1v) is 6.91. The number of hydrogen-bond acceptors (Lipinski definition) is 5. The van der Waals surface area contributed by atoms with Gasteiger partial charge in [0, 0.05) is 12.3 Å². The van der Waals surface area contributed by atoms with Crippen LogP contribution >= 0.6 is 11.6 Å². The van der Waals surface area contributed by atoms with E-state index >= 15 is 0 Å². The second-order valence-electron chi connectivity index (χ2n) is 5.49. The third-order valence-electron chi connectivity index (χ3n) is 2.28.